The molecule has 0 saturated carbocycles. The number of nitrogens with one attached hydrogen (secondary N) is 2. The summed E-state index contributed by atoms with van der Waals surface area (Å²) in [4.78, 5) is 14.9. The number of nitrogens with zero attached hydrogens (tertiary/aromatic N) is 1. The second-order valence-corrected chi connectivity index (χ2v) is 7.38. The minimum absolute atomic E-state index is 0.0804. The molecule has 1 amide bonds. The number of hydrogen-bond acceptors (Lipinski definition) is 4. The van der Waals surface area contributed by atoms with E-state index >= 15 is 0 Å². The van der Waals surface area contributed by atoms with Gasteiger partial charge in [-0.1, -0.05) is 30.3 Å². The Morgan fingerprint density at radius 2 is 1.69 bits per heavy atom. The third-order valence-corrected chi connectivity index (χ3v) is 5.30. The number of rotatable bonds is 7. The fraction of sp³-hybridized carbons (Fsp3) is 0.292. The van der Waals surface area contributed by atoms with Crippen LogP contribution in [0, 0.1) is 0 Å². The summed E-state index contributed by atoms with van der Waals surface area (Å²) in [5.74, 6) is 0.707. The zero-order valence-corrected chi connectivity index (χ0v) is 16.5. The summed E-state index contributed by atoms with van der Waals surface area (Å²) in [5, 5.41) is 6.28. The van der Waals surface area contributed by atoms with Gasteiger partial charge in [0.2, 0.25) is 5.91 Å². The Hall–Kier alpha value is -3.05. The van der Waals surface area contributed by atoms with Crippen LogP contribution in [-0.4, -0.2) is 25.5 Å². The Labute approximate surface area is 171 Å². The Kier molecular flexibility index (Phi) is 6.27. The van der Waals surface area contributed by atoms with Crippen molar-refractivity contribution in [1.29, 1.82) is 0 Å². The van der Waals surface area contributed by atoms with E-state index in [1.165, 1.54) is 24.9 Å². The molecule has 0 unspecified atom stereocenters. The maximum Gasteiger partial charge on any atom is 0.238 e. The molecule has 5 nitrogen and oxygen atoms in total. The summed E-state index contributed by atoms with van der Waals surface area (Å²) in [6.45, 7) is 2.42. The van der Waals surface area contributed by atoms with Gasteiger partial charge in [0.15, 0.2) is 0 Å². The van der Waals surface area contributed by atoms with Crippen LogP contribution in [0.4, 0.5) is 11.4 Å². The lowest BCUT2D eigenvalue weighted by Crippen LogP contribution is -2.31. The average Bonchev–Trinajstić information content (AvgIpc) is 3.30. The normalized spacial score (nSPS) is 15.1. The highest BCUT2D eigenvalue weighted by Crippen LogP contribution is 2.23. The van der Waals surface area contributed by atoms with Crippen molar-refractivity contribution >= 4 is 17.3 Å². The summed E-state index contributed by atoms with van der Waals surface area (Å²) in [6, 6.07) is 21.7. The van der Waals surface area contributed by atoms with Crippen molar-refractivity contribution in [3.05, 3.63) is 84.3 Å². The highest BCUT2D eigenvalue weighted by Gasteiger charge is 2.17. The summed E-state index contributed by atoms with van der Waals surface area (Å²) in [7, 11) is 0. The molecule has 1 aliphatic rings. The van der Waals surface area contributed by atoms with Crippen LogP contribution in [0.1, 0.15) is 36.6 Å². The summed E-state index contributed by atoms with van der Waals surface area (Å²) < 4.78 is 5.57. The molecule has 1 aromatic heterocycles. The topological polar surface area (TPSA) is 57.5 Å². The van der Waals surface area contributed by atoms with Crippen LogP contribution >= 0.6 is 0 Å². The van der Waals surface area contributed by atoms with E-state index in [0.717, 1.165) is 30.1 Å². The number of piperidine rings is 1. The predicted molar refractivity (Wildman–Crippen MR) is 116 cm³/mol. The van der Waals surface area contributed by atoms with Crippen molar-refractivity contribution in [3.8, 4) is 0 Å². The zero-order valence-electron chi connectivity index (χ0n) is 16.5. The first-order valence-corrected chi connectivity index (χ1v) is 10.3. The van der Waals surface area contributed by atoms with Gasteiger partial charge in [-0.15, -0.1) is 0 Å². The van der Waals surface area contributed by atoms with Crippen LogP contribution < -0.4 is 15.5 Å². The summed E-state index contributed by atoms with van der Waals surface area (Å²) in [5.41, 5.74) is 3.09. The number of amides is 1. The van der Waals surface area contributed by atoms with E-state index in [-0.39, 0.29) is 18.5 Å². The zero-order chi connectivity index (χ0) is 19.9. The van der Waals surface area contributed by atoms with Gasteiger partial charge >= 0.3 is 0 Å². The van der Waals surface area contributed by atoms with Gasteiger partial charge in [-0.25, -0.2) is 0 Å². The molecule has 29 heavy (non-hydrogen) atoms. The van der Waals surface area contributed by atoms with E-state index in [2.05, 4.69) is 27.7 Å². The van der Waals surface area contributed by atoms with E-state index in [4.69, 9.17) is 4.42 Å². The molecule has 1 fully saturated rings. The first-order chi connectivity index (χ1) is 14.3. The fourth-order valence-corrected chi connectivity index (χ4v) is 3.79. The molecular weight excluding hydrogens is 362 g/mol. The maximum absolute atomic E-state index is 12.5. The van der Waals surface area contributed by atoms with Crippen LogP contribution in [0.3, 0.4) is 0 Å². The minimum Gasteiger partial charge on any atom is -0.467 e. The van der Waals surface area contributed by atoms with Crippen molar-refractivity contribution in [3.63, 3.8) is 0 Å². The molecule has 150 valence electrons. The summed E-state index contributed by atoms with van der Waals surface area (Å²) >= 11 is 0. The van der Waals surface area contributed by atoms with Gasteiger partial charge in [0.1, 0.15) is 5.76 Å². The molecule has 1 saturated heterocycles. The average molecular weight is 389 g/mol. The second kappa shape index (κ2) is 9.43. The SMILES string of the molecule is O=C(CN[C@H](c1ccccc1)c1ccco1)Nc1ccc(N2CCCCC2)cc1. The van der Waals surface area contributed by atoms with Crippen molar-refractivity contribution in [1.82, 2.24) is 5.32 Å². The lowest BCUT2D eigenvalue weighted by atomic mass is 10.0. The largest absolute Gasteiger partial charge is 0.467 e. The number of benzene rings is 2. The molecule has 0 bridgehead atoms. The number of carbonyl (C=O) groups is 1. The van der Waals surface area contributed by atoms with E-state index in [0.29, 0.717) is 0 Å². The first kappa shape index (κ1) is 19.3. The van der Waals surface area contributed by atoms with Gasteiger partial charge in [-0.2, -0.15) is 0 Å². The van der Waals surface area contributed by atoms with E-state index in [1.54, 1.807) is 6.26 Å². The van der Waals surface area contributed by atoms with E-state index in [1.807, 2.05) is 54.6 Å². The Morgan fingerprint density at radius 1 is 0.931 bits per heavy atom. The Morgan fingerprint density at radius 3 is 2.38 bits per heavy atom. The lowest BCUT2D eigenvalue weighted by molar-refractivity contribution is -0.115. The molecule has 2 N–H and O–H groups in total. The first-order valence-electron chi connectivity index (χ1n) is 10.3. The molecule has 2 aromatic carbocycles. The van der Waals surface area contributed by atoms with Crippen LogP contribution in [-0.2, 0) is 4.79 Å². The van der Waals surface area contributed by atoms with Gasteiger partial charge < -0.3 is 14.6 Å². The molecule has 0 spiro atoms. The maximum atomic E-state index is 12.5. The van der Waals surface area contributed by atoms with E-state index < -0.39 is 0 Å². The lowest BCUT2D eigenvalue weighted by Gasteiger charge is -2.28. The van der Waals surface area contributed by atoms with Crippen molar-refractivity contribution in [2.75, 3.05) is 29.9 Å². The third-order valence-electron chi connectivity index (χ3n) is 5.30. The number of hydrogen-bond donors (Lipinski definition) is 2. The second-order valence-electron chi connectivity index (χ2n) is 7.38. The van der Waals surface area contributed by atoms with Crippen LogP contribution in [0.5, 0.6) is 0 Å². The van der Waals surface area contributed by atoms with Gasteiger partial charge in [0.25, 0.3) is 0 Å². The smallest absolute Gasteiger partial charge is 0.238 e. The standard InChI is InChI=1S/C24H27N3O2/c28-23(26-20-11-13-21(14-12-20)27-15-5-2-6-16-27)18-25-24(22-10-7-17-29-22)19-8-3-1-4-9-19/h1,3-4,7-14,17,24-25H,2,5-6,15-16,18H2,(H,26,28)/t24-/m1/s1. The minimum atomic E-state index is -0.168. The molecule has 1 aliphatic heterocycles. The summed E-state index contributed by atoms with van der Waals surface area (Å²) in [6.07, 6.45) is 5.47. The quantitative estimate of drug-likeness (QED) is 0.621. The van der Waals surface area contributed by atoms with Crippen molar-refractivity contribution < 1.29 is 9.21 Å². The molecular formula is C24H27N3O2. The van der Waals surface area contributed by atoms with Crippen LogP contribution in [0.15, 0.2) is 77.4 Å². The molecule has 4 rings (SSSR count). The van der Waals surface area contributed by atoms with Crippen LogP contribution in [0.25, 0.3) is 0 Å². The van der Waals surface area contributed by atoms with Crippen molar-refractivity contribution in [2.24, 2.45) is 0 Å². The van der Waals surface area contributed by atoms with E-state index in [9.17, 15) is 4.79 Å². The molecule has 0 radical (unpaired) electrons. The van der Waals surface area contributed by atoms with Crippen molar-refractivity contribution in [2.45, 2.75) is 25.3 Å². The van der Waals surface area contributed by atoms with Crippen LogP contribution in [0.2, 0.25) is 0 Å². The Balaban J connectivity index is 1.35. The predicted octanol–water partition coefficient (Wildman–Crippen LogP) is 4.59. The number of carbonyl (C=O) groups excluding carboxylic acids is 1. The molecule has 0 aliphatic carbocycles. The third kappa shape index (κ3) is 5.06. The Bertz CT molecular complexity index is 886. The molecule has 1 atom stereocenters. The monoisotopic (exact) mass is 389 g/mol. The molecule has 5 heteroatoms. The highest BCUT2D eigenvalue weighted by atomic mass is 16.3. The highest BCUT2D eigenvalue weighted by molar-refractivity contribution is 5.92. The fourth-order valence-electron chi connectivity index (χ4n) is 3.79. The van der Waals surface area contributed by atoms with Gasteiger partial charge in [-0.3, -0.25) is 10.1 Å². The molecule has 3 aromatic rings. The van der Waals surface area contributed by atoms with Gasteiger partial charge in [-0.05, 0) is 61.2 Å². The number of anilines is 2. The number of furan rings is 1. The van der Waals surface area contributed by atoms with Gasteiger partial charge in [0, 0.05) is 24.5 Å². The van der Waals surface area contributed by atoms with Gasteiger partial charge in [0.05, 0.1) is 18.8 Å². The molecule has 2 heterocycles.